The Morgan fingerprint density at radius 2 is 2.08 bits per heavy atom. The van der Waals surface area contributed by atoms with E-state index in [0.29, 0.717) is 18.7 Å². The topological polar surface area (TPSA) is 109 Å². The average Bonchev–Trinajstić information content (AvgIpc) is 2.63. The largest absolute Gasteiger partial charge is 0.387 e. The molecule has 3 N–H and O–H groups in total. The van der Waals surface area contributed by atoms with Crippen LogP contribution in [-0.4, -0.2) is 41.7 Å². The number of aliphatic hydroxyl groups excluding tert-OH is 1. The zero-order valence-corrected chi connectivity index (χ0v) is 13.8. The number of amides is 1. The fourth-order valence-corrected chi connectivity index (χ4v) is 3.39. The summed E-state index contributed by atoms with van der Waals surface area (Å²) in [6.07, 6.45) is 1.49. The number of nitriles is 1. The van der Waals surface area contributed by atoms with Gasteiger partial charge in [0.05, 0.1) is 29.3 Å². The molecular weight excluding hydrogens is 320 g/mol. The van der Waals surface area contributed by atoms with Crippen molar-refractivity contribution in [1.29, 1.82) is 5.26 Å². The van der Waals surface area contributed by atoms with Gasteiger partial charge >= 0.3 is 0 Å². The van der Waals surface area contributed by atoms with Gasteiger partial charge in [-0.1, -0.05) is 18.2 Å². The van der Waals surface area contributed by atoms with E-state index in [9.17, 15) is 9.59 Å². The van der Waals surface area contributed by atoms with Crippen LogP contribution in [0.3, 0.4) is 0 Å². The summed E-state index contributed by atoms with van der Waals surface area (Å²) in [6, 6.07) is 9.67. The molecule has 0 spiro atoms. The minimum atomic E-state index is -0.509. The fraction of sp³-hybridized carbons (Fsp3) is 0.389. The number of aromatic amines is 1. The molecule has 0 saturated carbocycles. The molecule has 1 aromatic heterocycles. The Morgan fingerprint density at radius 1 is 1.36 bits per heavy atom. The first-order chi connectivity index (χ1) is 12.1. The van der Waals surface area contributed by atoms with Crippen molar-refractivity contribution in [3.63, 3.8) is 0 Å². The summed E-state index contributed by atoms with van der Waals surface area (Å²) in [4.78, 5) is 28.7. The number of aromatic nitrogens is 1. The third-order valence-electron chi connectivity index (χ3n) is 4.57. The second-order valence-corrected chi connectivity index (χ2v) is 6.15. The van der Waals surface area contributed by atoms with Gasteiger partial charge in [-0.25, -0.2) is 0 Å². The van der Waals surface area contributed by atoms with Crippen molar-refractivity contribution in [3.05, 3.63) is 40.2 Å². The third kappa shape index (κ3) is 3.49. The summed E-state index contributed by atoms with van der Waals surface area (Å²) in [7, 11) is 0. The highest BCUT2D eigenvalue weighted by Crippen LogP contribution is 2.30. The molecule has 25 heavy (non-hydrogen) atoms. The number of pyridine rings is 1. The number of carbonyl (C=O) groups excluding carboxylic acids is 1. The number of para-hydroxylation sites is 1. The molecule has 0 aliphatic carbocycles. The highest BCUT2D eigenvalue weighted by molar-refractivity contribution is 5.93. The number of piperidine rings is 1. The first-order valence-electron chi connectivity index (χ1n) is 8.30. The molecule has 1 aliphatic heterocycles. The van der Waals surface area contributed by atoms with Crippen LogP contribution in [0, 0.1) is 11.3 Å². The Balaban J connectivity index is 1.93. The normalized spacial score (nSPS) is 15.1. The van der Waals surface area contributed by atoms with Gasteiger partial charge in [0.1, 0.15) is 6.61 Å². The molecule has 2 heterocycles. The van der Waals surface area contributed by atoms with Crippen LogP contribution < -0.4 is 15.8 Å². The van der Waals surface area contributed by atoms with Gasteiger partial charge in [0.2, 0.25) is 5.91 Å². The number of H-pyrrole nitrogens is 1. The van der Waals surface area contributed by atoms with E-state index in [1.807, 2.05) is 24.3 Å². The molecule has 0 radical (unpaired) electrons. The van der Waals surface area contributed by atoms with Gasteiger partial charge in [-0.05, 0) is 18.9 Å². The van der Waals surface area contributed by atoms with E-state index in [1.165, 1.54) is 0 Å². The monoisotopic (exact) mass is 340 g/mol. The van der Waals surface area contributed by atoms with Gasteiger partial charge in [0.15, 0.2) is 0 Å². The van der Waals surface area contributed by atoms with Crippen molar-refractivity contribution >= 4 is 22.5 Å². The molecule has 0 atom stereocenters. The van der Waals surface area contributed by atoms with E-state index in [4.69, 9.17) is 10.4 Å². The number of rotatable bonds is 4. The molecule has 1 aromatic carbocycles. The summed E-state index contributed by atoms with van der Waals surface area (Å²) < 4.78 is 0. The first-order valence-corrected chi connectivity index (χ1v) is 8.30. The lowest BCUT2D eigenvalue weighted by Gasteiger charge is -2.35. The number of anilines is 1. The zero-order valence-electron chi connectivity index (χ0n) is 13.8. The van der Waals surface area contributed by atoms with Crippen LogP contribution in [0.2, 0.25) is 0 Å². The second kappa shape index (κ2) is 7.36. The summed E-state index contributed by atoms with van der Waals surface area (Å²) in [5.74, 6) is -0.370. The average molecular weight is 340 g/mol. The van der Waals surface area contributed by atoms with Gasteiger partial charge in [-0.2, -0.15) is 5.26 Å². The summed E-state index contributed by atoms with van der Waals surface area (Å²) >= 11 is 0. The number of carbonyl (C=O) groups is 1. The van der Waals surface area contributed by atoms with E-state index in [1.54, 1.807) is 0 Å². The van der Waals surface area contributed by atoms with Crippen LogP contribution in [0.25, 0.3) is 10.9 Å². The lowest BCUT2D eigenvalue weighted by molar-refractivity contribution is -0.124. The van der Waals surface area contributed by atoms with Crippen LogP contribution in [0.5, 0.6) is 0 Å². The van der Waals surface area contributed by atoms with Crippen molar-refractivity contribution < 1.29 is 9.90 Å². The smallest absolute Gasteiger partial charge is 0.254 e. The van der Waals surface area contributed by atoms with Crippen molar-refractivity contribution in [2.75, 3.05) is 24.6 Å². The Hall–Kier alpha value is -2.85. The highest BCUT2D eigenvalue weighted by Gasteiger charge is 2.24. The van der Waals surface area contributed by atoms with Crippen LogP contribution >= 0.6 is 0 Å². The lowest BCUT2D eigenvalue weighted by atomic mass is 10.0. The van der Waals surface area contributed by atoms with Gasteiger partial charge in [0.25, 0.3) is 5.56 Å². The molecule has 1 fully saturated rings. The lowest BCUT2D eigenvalue weighted by Crippen LogP contribution is -2.46. The van der Waals surface area contributed by atoms with Gasteiger partial charge < -0.3 is 20.3 Å². The van der Waals surface area contributed by atoms with Crippen molar-refractivity contribution in [1.82, 2.24) is 10.3 Å². The number of hydrogen-bond acceptors (Lipinski definition) is 5. The third-order valence-corrected chi connectivity index (χ3v) is 4.57. The first kappa shape index (κ1) is 17.0. The maximum atomic E-state index is 12.4. The standard InChI is InChI=1S/C18H20N4O3/c19-8-5-14-17(13-3-1-2-4-15(13)21-18(14)25)22-9-6-12(7-10-22)20-16(24)11-23/h1-4,12,23H,5-7,9-11H2,(H,20,24)(H,21,25). The quantitative estimate of drug-likeness (QED) is 0.758. The molecule has 7 heteroatoms. The molecule has 3 rings (SSSR count). The highest BCUT2D eigenvalue weighted by atomic mass is 16.3. The minimum absolute atomic E-state index is 0.0172. The molecule has 7 nitrogen and oxygen atoms in total. The number of hydrogen-bond donors (Lipinski definition) is 3. The van der Waals surface area contributed by atoms with Gasteiger partial charge in [-0.15, -0.1) is 0 Å². The van der Waals surface area contributed by atoms with Crippen LogP contribution in [0.1, 0.15) is 18.4 Å². The van der Waals surface area contributed by atoms with Crippen molar-refractivity contribution in [2.45, 2.75) is 25.3 Å². The fourth-order valence-electron chi connectivity index (χ4n) is 3.39. The number of nitrogens with one attached hydrogen (secondary N) is 2. The molecule has 1 aliphatic rings. The number of benzene rings is 1. The molecular formula is C18H20N4O3. The zero-order chi connectivity index (χ0) is 17.8. The maximum Gasteiger partial charge on any atom is 0.254 e. The van der Waals surface area contributed by atoms with E-state index < -0.39 is 6.61 Å². The predicted octanol–water partition coefficient (Wildman–Crippen LogP) is 0.671. The second-order valence-electron chi connectivity index (χ2n) is 6.15. The van der Waals surface area contributed by atoms with Crippen LogP contribution in [0.4, 0.5) is 5.69 Å². The van der Waals surface area contributed by atoms with E-state index in [-0.39, 0.29) is 23.9 Å². The summed E-state index contributed by atoms with van der Waals surface area (Å²) in [6.45, 7) is 0.829. The van der Waals surface area contributed by atoms with Crippen LogP contribution in [0.15, 0.2) is 29.1 Å². The summed E-state index contributed by atoms with van der Waals surface area (Å²) in [5.41, 5.74) is 1.82. The van der Waals surface area contributed by atoms with Crippen molar-refractivity contribution in [3.8, 4) is 6.07 Å². The Labute approximate surface area is 144 Å². The molecule has 2 aromatic rings. The van der Waals surface area contributed by atoms with Crippen LogP contribution in [-0.2, 0) is 11.2 Å². The van der Waals surface area contributed by atoms with E-state index in [0.717, 1.165) is 29.4 Å². The molecule has 1 amide bonds. The maximum absolute atomic E-state index is 12.4. The number of fused-ring (bicyclic) bond motifs is 1. The van der Waals surface area contributed by atoms with E-state index >= 15 is 0 Å². The molecule has 1 saturated heterocycles. The minimum Gasteiger partial charge on any atom is -0.387 e. The Bertz CT molecular complexity index is 876. The predicted molar refractivity (Wildman–Crippen MR) is 94.3 cm³/mol. The molecule has 130 valence electrons. The number of nitrogens with zero attached hydrogens (tertiary/aromatic N) is 2. The van der Waals surface area contributed by atoms with Gasteiger partial charge in [-0.3, -0.25) is 9.59 Å². The number of aliphatic hydroxyl groups is 1. The Morgan fingerprint density at radius 3 is 2.76 bits per heavy atom. The molecule has 0 bridgehead atoms. The van der Waals surface area contributed by atoms with Crippen molar-refractivity contribution in [2.24, 2.45) is 0 Å². The Kier molecular flexibility index (Phi) is 5.00. The SMILES string of the molecule is N#CCc1c(N2CCC(NC(=O)CO)CC2)c2ccccc2[nH]c1=O. The summed E-state index contributed by atoms with van der Waals surface area (Å²) in [5, 5.41) is 21.7. The van der Waals surface area contributed by atoms with Gasteiger partial charge in [0, 0.05) is 24.5 Å². The van der Waals surface area contributed by atoms with E-state index in [2.05, 4.69) is 21.3 Å². The molecule has 0 unspecified atom stereocenters.